The summed E-state index contributed by atoms with van der Waals surface area (Å²) < 4.78 is 0. The summed E-state index contributed by atoms with van der Waals surface area (Å²) in [5, 5.41) is 0. The number of nitrogens with zero attached hydrogens (tertiary/aromatic N) is 2. The SMILES string of the molecule is O=C1CC[C@@]2(c3ccccc3)CCN(CCc3ccccc3)[C@@H]2CN1CC1CC1. The number of likely N-dealkylation sites (tertiary alicyclic amines) is 2. The number of amides is 1. The van der Waals surface area contributed by atoms with E-state index in [1.807, 2.05) is 0 Å². The molecule has 0 aromatic heterocycles. The molecule has 0 N–H and O–H groups in total. The Morgan fingerprint density at radius 3 is 2.38 bits per heavy atom. The molecule has 1 aliphatic carbocycles. The second-order valence-electron chi connectivity index (χ2n) is 9.30. The van der Waals surface area contributed by atoms with Crippen LogP contribution < -0.4 is 0 Å². The van der Waals surface area contributed by atoms with Gasteiger partial charge in [0.25, 0.3) is 0 Å². The van der Waals surface area contributed by atoms with Gasteiger partial charge < -0.3 is 4.90 Å². The van der Waals surface area contributed by atoms with E-state index >= 15 is 0 Å². The topological polar surface area (TPSA) is 23.6 Å². The van der Waals surface area contributed by atoms with Crippen molar-refractivity contribution in [2.75, 3.05) is 26.2 Å². The Morgan fingerprint density at radius 2 is 1.66 bits per heavy atom. The van der Waals surface area contributed by atoms with Crippen LogP contribution in [0.3, 0.4) is 0 Å². The molecule has 2 aromatic rings. The van der Waals surface area contributed by atoms with Crippen molar-refractivity contribution in [2.45, 2.75) is 50.0 Å². The van der Waals surface area contributed by atoms with Crippen molar-refractivity contribution in [1.29, 1.82) is 0 Å². The number of carbonyl (C=O) groups is 1. The van der Waals surface area contributed by atoms with Crippen LogP contribution >= 0.6 is 0 Å². The van der Waals surface area contributed by atoms with Crippen molar-refractivity contribution in [1.82, 2.24) is 9.80 Å². The molecule has 0 spiro atoms. The molecule has 0 bridgehead atoms. The fourth-order valence-electron chi connectivity index (χ4n) is 5.62. The number of hydrogen-bond donors (Lipinski definition) is 0. The van der Waals surface area contributed by atoms with E-state index in [9.17, 15) is 4.79 Å². The van der Waals surface area contributed by atoms with Crippen LogP contribution in [0.1, 0.15) is 43.2 Å². The molecule has 3 nitrogen and oxygen atoms in total. The molecule has 29 heavy (non-hydrogen) atoms. The van der Waals surface area contributed by atoms with Crippen molar-refractivity contribution in [3.05, 3.63) is 71.8 Å². The molecule has 2 heterocycles. The van der Waals surface area contributed by atoms with Gasteiger partial charge in [-0.15, -0.1) is 0 Å². The summed E-state index contributed by atoms with van der Waals surface area (Å²) in [5.74, 6) is 1.13. The molecule has 0 unspecified atom stereocenters. The maximum Gasteiger partial charge on any atom is 0.222 e. The number of fused-ring (bicyclic) bond motifs is 1. The molecule has 152 valence electrons. The van der Waals surface area contributed by atoms with Crippen LogP contribution in [0.5, 0.6) is 0 Å². The number of rotatable bonds is 6. The largest absolute Gasteiger partial charge is 0.341 e. The monoisotopic (exact) mass is 388 g/mol. The number of hydrogen-bond acceptors (Lipinski definition) is 2. The fraction of sp³-hybridized carbons (Fsp3) is 0.500. The maximum absolute atomic E-state index is 13.0. The summed E-state index contributed by atoms with van der Waals surface area (Å²) in [6.45, 7) is 4.10. The Labute approximate surface area is 174 Å². The zero-order chi connectivity index (χ0) is 19.7. The van der Waals surface area contributed by atoms with E-state index < -0.39 is 0 Å². The van der Waals surface area contributed by atoms with E-state index in [1.54, 1.807) is 0 Å². The summed E-state index contributed by atoms with van der Waals surface area (Å²) in [4.78, 5) is 17.9. The Morgan fingerprint density at radius 1 is 0.931 bits per heavy atom. The van der Waals surface area contributed by atoms with Gasteiger partial charge in [-0.2, -0.15) is 0 Å². The Bertz CT molecular complexity index is 832. The highest BCUT2D eigenvalue weighted by Gasteiger charge is 2.51. The predicted molar refractivity (Wildman–Crippen MR) is 117 cm³/mol. The summed E-state index contributed by atoms with van der Waals surface area (Å²) in [7, 11) is 0. The summed E-state index contributed by atoms with van der Waals surface area (Å²) in [5.41, 5.74) is 2.96. The Kier molecular flexibility index (Phi) is 5.17. The minimum Gasteiger partial charge on any atom is -0.341 e. The third kappa shape index (κ3) is 3.85. The normalized spacial score (nSPS) is 27.7. The van der Waals surface area contributed by atoms with Crippen molar-refractivity contribution in [2.24, 2.45) is 5.92 Å². The van der Waals surface area contributed by atoms with Gasteiger partial charge in [0.05, 0.1) is 0 Å². The third-order valence-corrected chi connectivity index (χ3v) is 7.51. The maximum atomic E-state index is 13.0. The van der Waals surface area contributed by atoms with Crippen LogP contribution in [0, 0.1) is 5.92 Å². The van der Waals surface area contributed by atoms with Gasteiger partial charge in [-0.25, -0.2) is 0 Å². The average Bonchev–Trinajstić information content (AvgIpc) is 3.54. The lowest BCUT2D eigenvalue weighted by Crippen LogP contribution is -2.49. The Hall–Kier alpha value is -2.13. The third-order valence-electron chi connectivity index (χ3n) is 7.51. The molecule has 2 saturated heterocycles. The van der Waals surface area contributed by atoms with Gasteiger partial charge in [-0.05, 0) is 55.7 Å². The molecule has 3 heteroatoms. The van der Waals surface area contributed by atoms with Crippen LogP contribution in [-0.2, 0) is 16.6 Å². The zero-order valence-electron chi connectivity index (χ0n) is 17.3. The van der Waals surface area contributed by atoms with E-state index in [0.29, 0.717) is 18.4 Å². The number of carbonyl (C=O) groups excluding carboxylic acids is 1. The lowest BCUT2D eigenvalue weighted by atomic mass is 9.71. The summed E-state index contributed by atoms with van der Waals surface area (Å²) >= 11 is 0. The molecule has 3 aliphatic rings. The minimum atomic E-state index is 0.117. The molecule has 0 radical (unpaired) electrons. The lowest BCUT2D eigenvalue weighted by molar-refractivity contribution is -0.131. The highest BCUT2D eigenvalue weighted by molar-refractivity contribution is 5.77. The quantitative estimate of drug-likeness (QED) is 0.738. The van der Waals surface area contributed by atoms with Crippen molar-refractivity contribution in [3.8, 4) is 0 Å². The predicted octanol–water partition coefficient (Wildman–Crippen LogP) is 4.27. The standard InChI is InChI=1S/C26H32N2O/c29-25-13-15-26(23-9-5-2-6-10-23)16-18-27(17-14-21-7-3-1-4-8-21)24(26)20-28(25)19-22-11-12-22/h1-10,22,24H,11-20H2/t24-,26+/m1/s1. The smallest absolute Gasteiger partial charge is 0.222 e. The van der Waals surface area contributed by atoms with Crippen molar-refractivity contribution < 1.29 is 4.79 Å². The molecule has 3 fully saturated rings. The molecule has 1 saturated carbocycles. The molecule has 1 amide bonds. The van der Waals surface area contributed by atoms with Gasteiger partial charge >= 0.3 is 0 Å². The lowest BCUT2D eigenvalue weighted by Gasteiger charge is -2.39. The van der Waals surface area contributed by atoms with Crippen LogP contribution in [-0.4, -0.2) is 47.9 Å². The van der Waals surface area contributed by atoms with Crippen LogP contribution in [0.25, 0.3) is 0 Å². The molecular weight excluding hydrogens is 356 g/mol. The zero-order valence-corrected chi connectivity index (χ0v) is 17.3. The second kappa shape index (κ2) is 7.95. The molecule has 2 aromatic carbocycles. The summed E-state index contributed by atoms with van der Waals surface area (Å²) in [6.07, 6.45) is 6.54. The molecule has 5 rings (SSSR count). The average molecular weight is 389 g/mol. The van der Waals surface area contributed by atoms with E-state index in [-0.39, 0.29) is 5.41 Å². The van der Waals surface area contributed by atoms with E-state index in [0.717, 1.165) is 44.9 Å². The first-order valence-electron chi connectivity index (χ1n) is 11.4. The van der Waals surface area contributed by atoms with Crippen LogP contribution in [0.2, 0.25) is 0 Å². The van der Waals surface area contributed by atoms with Gasteiger partial charge in [0.1, 0.15) is 0 Å². The number of benzene rings is 2. The van der Waals surface area contributed by atoms with E-state index in [2.05, 4.69) is 70.5 Å². The summed E-state index contributed by atoms with van der Waals surface area (Å²) in [6, 6.07) is 22.3. The Balaban J connectivity index is 1.42. The highest BCUT2D eigenvalue weighted by atomic mass is 16.2. The molecular formula is C26H32N2O. The fourth-order valence-corrected chi connectivity index (χ4v) is 5.62. The van der Waals surface area contributed by atoms with Gasteiger partial charge in [0, 0.05) is 37.5 Å². The van der Waals surface area contributed by atoms with Gasteiger partial charge in [-0.3, -0.25) is 9.69 Å². The van der Waals surface area contributed by atoms with E-state index in [4.69, 9.17) is 0 Å². The van der Waals surface area contributed by atoms with Crippen LogP contribution in [0.15, 0.2) is 60.7 Å². The van der Waals surface area contributed by atoms with Crippen molar-refractivity contribution >= 4 is 5.91 Å². The van der Waals surface area contributed by atoms with Gasteiger partial charge in [0.15, 0.2) is 0 Å². The first-order chi connectivity index (χ1) is 14.2. The van der Waals surface area contributed by atoms with Crippen LogP contribution in [0.4, 0.5) is 0 Å². The van der Waals surface area contributed by atoms with Gasteiger partial charge in [0.2, 0.25) is 5.91 Å². The first kappa shape index (κ1) is 18.9. The van der Waals surface area contributed by atoms with E-state index in [1.165, 1.54) is 30.4 Å². The highest BCUT2D eigenvalue weighted by Crippen LogP contribution is 2.46. The minimum absolute atomic E-state index is 0.117. The second-order valence-corrected chi connectivity index (χ2v) is 9.30. The first-order valence-corrected chi connectivity index (χ1v) is 11.4. The molecule has 2 atom stereocenters. The van der Waals surface area contributed by atoms with Crippen molar-refractivity contribution in [3.63, 3.8) is 0 Å². The molecule has 2 aliphatic heterocycles. The van der Waals surface area contributed by atoms with Gasteiger partial charge in [-0.1, -0.05) is 60.7 Å².